The zero-order chi connectivity index (χ0) is 16.7. The SMILES string of the molecule is CCCCC(NN=C=S)P(=O)(O[Si](C)(C)C)O[Si](C)(C)C. The molecular weight excluding hydrogens is 339 g/mol. The van der Waals surface area contributed by atoms with Crippen molar-refractivity contribution in [3.05, 3.63) is 0 Å². The Balaban J connectivity index is 5.44. The van der Waals surface area contributed by atoms with Gasteiger partial charge in [0.25, 0.3) is 0 Å². The minimum absolute atomic E-state index is 0.466. The molecule has 0 amide bonds. The molecule has 124 valence electrons. The Morgan fingerprint density at radius 3 is 2.00 bits per heavy atom. The van der Waals surface area contributed by atoms with Crippen molar-refractivity contribution in [1.29, 1.82) is 0 Å². The van der Waals surface area contributed by atoms with Gasteiger partial charge in [-0.15, -0.1) is 5.10 Å². The van der Waals surface area contributed by atoms with Gasteiger partial charge in [-0.2, -0.15) is 0 Å². The van der Waals surface area contributed by atoms with E-state index in [9.17, 15) is 4.57 Å². The largest absolute Gasteiger partial charge is 0.350 e. The zero-order valence-corrected chi connectivity index (χ0v) is 17.9. The van der Waals surface area contributed by atoms with E-state index in [1.54, 1.807) is 0 Å². The highest BCUT2D eigenvalue weighted by atomic mass is 32.1. The Kier molecular flexibility index (Phi) is 8.80. The Morgan fingerprint density at radius 1 is 1.19 bits per heavy atom. The molecule has 0 aromatic heterocycles. The maximum Gasteiger partial charge on any atom is 0.335 e. The van der Waals surface area contributed by atoms with Crippen LogP contribution < -0.4 is 5.43 Å². The first-order valence-electron chi connectivity index (χ1n) is 7.27. The molecule has 0 spiro atoms. The number of nitrogens with zero attached hydrogens (tertiary/aromatic N) is 1. The first kappa shape index (κ1) is 21.2. The van der Waals surface area contributed by atoms with Gasteiger partial charge in [0.05, 0.1) is 5.16 Å². The lowest BCUT2D eigenvalue weighted by molar-refractivity contribution is 0.351. The third-order valence-corrected chi connectivity index (χ3v) is 9.92. The molecule has 0 aromatic carbocycles. The summed E-state index contributed by atoms with van der Waals surface area (Å²) in [5, 5.41) is 6.02. The quantitative estimate of drug-likeness (QED) is 0.193. The van der Waals surface area contributed by atoms with E-state index in [2.05, 4.69) is 34.8 Å². The molecule has 0 saturated heterocycles. The zero-order valence-electron chi connectivity index (χ0n) is 14.2. The summed E-state index contributed by atoms with van der Waals surface area (Å²) in [6, 6.07) is 0. The molecule has 1 atom stereocenters. The van der Waals surface area contributed by atoms with Crippen molar-refractivity contribution < 1.29 is 13.0 Å². The molecule has 0 fully saturated rings. The summed E-state index contributed by atoms with van der Waals surface area (Å²) >= 11 is 4.59. The van der Waals surface area contributed by atoms with E-state index >= 15 is 0 Å². The lowest BCUT2D eigenvalue weighted by atomic mass is 10.2. The highest BCUT2D eigenvalue weighted by Gasteiger charge is 2.43. The van der Waals surface area contributed by atoms with E-state index in [-0.39, 0.29) is 0 Å². The van der Waals surface area contributed by atoms with Gasteiger partial charge in [-0.3, -0.25) is 9.99 Å². The Bertz CT molecular complexity index is 398. The van der Waals surface area contributed by atoms with Crippen LogP contribution in [-0.4, -0.2) is 27.6 Å². The standard InChI is InChI=1S/C12H29N2O3PSSi2/c1-8-9-10-12(14-13-11-19)18(15,16-20(2,3)4)17-21(5,6)7/h12,14H,8-10H2,1-7H3. The number of hydrazone groups is 1. The van der Waals surface area contributed by atoms with Crippen molar-refractivity contribution in [2.24, 2.45) is 5.10 Å². The summed E-state index contributed by atoms with van der Waals surface area (Å²) in [7, 11) is -7.35. The second-order valence-corrected chi connectivity index (χ2v) is 18.7. The number of thiocarbonyl (C=S) groups is 1. The number of nitrogens with one attached hydrogen (secondary N) is 1. The molecule has 5 nitrogen and oxygen atoms in total. The van der Waals surface area contributed by atoms with E-state index in [4.69, 9.17) is 8.43 Å². The summed E-state index contributed by atoms with van der Waals surface area (Å²) < 4.78 is 25.4. The molecule has 0 rings (SSSR count). The smallest absolute Gasteiger partial charge is 0.335 e. The normalized spacial score (nSPS) is 14.4. The van der Waals surface area contributed by atoms with E-state index in [1.165, 1.54) is 0 Å². The van der Waals surface area contributed by atoms with Crippen LogP contribution in [0, 0.1) is 0 Å². The maximum atomic E-state index is 13.4. The summed E-state index contributed by atoms with van der Waals surface area (Å²) in [4.78, 5) is 0. The van der Waals surface area contributed by atoms with Crippen molar-refractivity contribution in [2.45, 2.75) is 71.3 Å². The van der Waals surface area contributed by atoms with Gasteiger partial charge in [0.1, 0.15) is 5.78 Å². The molecule has 0 aliphatic heterocycles. The van der Waals surface area contributed by atoms with Gasteiger partial charge >= 0.3 is 7.60 Å². The Morgan fingerprint density at radius 2 is 1.67 bits per heavy atom. The molecule has 1 unspecified atom stereocenters. The van der Waals surface area contributed by atoms with Gasteiger partial charge in [-0.05, 0) is 57.9 Å². The highest BCUT2D eigenvalue weighted by molar-refractivity contribution is 7.78. The highest BCUT2D eigenvalue weighted by Crippen LogP contribution is 2.57. The fourth-order valence-electron chi connectivity index (χ4n) is 1.70. The molecule has 21 heavy (non-hydrogen) atoms. The molecule has 0 aromatic rings. The van der Waals surface area contributed by atoms with Crippen LogP contribution in [0.25, 0.3) is 0 Å². The molecule has 0 aliphatic carbocycles. The van der Waals surface area contributed by atoms with Gasteiger partial charge in [0, 0.05) is 0 Å². The summed E-state index contributed by atoms with van der Waals surface area (Å²) in [6.45, 7) is 14.1. The van der Waals surface area contributed by atoms with Crippen LogP contribution in [0.1, 0.15) is 26.2 Å². The Labute approximate surface area is 136 Å². The van der Waals surface area contributed by atoms with Crippen molar-refractivity contribution in [3.63, 3.8) is 0 Å². The van der Waals surface area contributed by atoms with Gasteiger partial charge in [-0.25, -0.2) is 0 Å². The van der Waals surface area contributed by atoms with Gasteiger partial charge in [0.2, 0.25) is 0 Å². The topological polar surface area (TPSA) is 59.9 Å². The molecular formula is C12H29N2O3PSSi2. The van der Waals surface area contributed by atoms with E-state index in [0.29, 0.717) is 6.42 Å². The molecule has 0 radical (unpaired) electrons. The van der Waals surface area contributed by atoms with Crippen LogP contribution in [0.3, 0.4) is 0 Å². The maximum absolute atomic E-state index is 13.4. The van der Waals surface area contributed by atoms with Crippen LogP contribution in [0.4, 0.5) is 0 Å². The third-order valence-electron chi connectivity index (χ3n) is 2.27. The average molecular weight is 369 g/mol. The average Bonchev–Trinajstić information content (AvgIpc) is 2.23. The van der Waals surface area contributed by atoms with E-state index < -0.39 is 30.0 Å². The fraction of sp³-hybridized carbons (Fsp3) is 0.917. The van der Waals surface area contributed by atoms with E-state index in [1.807, 2.05) is 39.3 Å². The van der Waals surface area contributed by atoms with Crippen molar-refractivity contribution in [1.82, 2.24) is 5.43 Å². The van der Waals surface area contributed by atoms with Crippen molar-refractivity contribution >= 4 is 41.6 Å². The van der Waals surface area contributed by atoms with E-state index in [0.717, 1.165) is 12.8 Å². The molecule has 0 aliphatic rings. The van der Waals surface area contributed by atoms with Crippen LogP contribution in [0.15, 0.2) is 5.10 Å². The summed E-state index contributed by atoms with van der Waals surface area (Å²) in [5.74, 6) is -0.466. The second kappa shape index (κ2) is 8.72. The number of isothiocyanates is 1. The third kappa shape index (κ3) is 9.73. The summed E-state index contributed by atoms with van der Waals surface area (Å²) in [6.07, 6.45) is 2.58. The number of hydrogen-bond donors (Lipinski definition) is 1. The predicted molar refractivity (Wildman–Crippen MR) is 97.9 cm³/mol. The molecule has 0 heterocycles. The lowest BCUT2D eigenvalue weighted by Gasteiger charge is -2.35. The number of hydrogen-bond acceptors (Lipinski definition) is 6. The first-order valence-corrected chi connectivity index (χ1v) is 16.1. The van der Waals surface area contributed by atoms with Crippen molar-refractivity contribution in [3.8, 4) is 0 Å². The minimum Gasteiger partial charge on any atom is -0.350 e. The monoisotopic (exact) mass is 368 g/mol. The van der Waals surface area contributed by atoms with Gasteiger partial charge in [-0.1, -0.05) is 19.8 Å². The lowest BCUT2D eigenvalue weighted by Crippen LogP contribution is -2.37. The molecule has 1 N–H and O–H groups in total. The second-order valence-electron chi connectivity index (χ2n) is 6.94. The van der Waals surface area contributed by atoms with Crippen LogP contribution in [0.5, 0.6) is 0 Å². The van der Waals surface area contributed by atoms with Crippen LogP contribution in [0.2, 0.25) is 39.3 Å². The Hall–Kier alpha value is 0.184. The predicted octanol–water partition coefficient (Wildman–Crippen LogP) is 5.01. The number of rotatable bonds is 10. The van der Waals surface area contributed by atoms with Crippen molar-refractivity contribution in [2.75, 3.05) is 0 Å². The summed E-state index contributed by atoms with van der Waals surface area (Å²) in [5.41, 5.74) is 2.83. The van der Waals surface area contributed by atoms with Gasteiger partial charge in [0.15, 0.2) is 16.6 Å². The molecule has 0 bridgehead atoms. The van der Waals surface area contributed by atoms with Crippen LogP contribution in [-0.2, 0) is 13.0 Å². The van der Waals surface area contributed by atoms with Gasteiger partial charge < -0.3 is 8.43 Å². The molecule has 9 heteroatoms. The number of unbranched alkanes of at least 4 members (excludes halogenated alkanes) is 1. The van der Waals surface area contributed by atoms with Crippen LogP contribution >= 0.6 is 19.8 Å². The minimum atomic E-state index is -3.30. The molecule has 0 saturated carbocycles. The first-order chi connectivity index (χ1) is 9.43. The fourth-order valence-corrected chi connectivity index (χ4v) is 10.1.